The third-order valence-electron chi connectivity index (χ3n) is 3.97. The van der Waals surface area contributed by atoms with Crippen LogP contribution in [0.25, 0.3) is 0 Å². The second-order valence-electron chi connectivity index (χ2n) is 8.29. The van der Waals surface area contributed by atoms with Crippen molar-refractivity contribution in [3.8, 4) is 0 Å². The second-order valence-corrected chi connectivity index (χ2v) is 8.29. The minimum atomic E-state index is -0.716. The van der Waals surface area contributed by atoms with Gasteiger partial charge >= 0.3 is 0 Å². The molecule has 0 aromatic heterocycles. The molecule has 0 aliphatic heterocycles. The molecule has 31 heavy (non-hydrogen) atoms. The standard InChI is InChI=1S/C21H42O10/c1-16(23)6-26-11-21(12-27-7-17(2)24,13-28-8-18(3)25)14-29-9-19(4)30-10-20(5)31-15-22/h15-20,23-25H,6-14H2,1-5H3. The molecule has 0 aromatic rings. The largest absolute Gasteiger partial charge is 0.462 e. The third-order valence-corrected chi connectivity index (χ3v) is 3.97. The van der Waals surface area contributed by atoms with Gasteiger partial charge in [0.2, 0.25) is 0 Å². The first-order valence-corrected chi connectivity index (χ1v) is 10.7. The van der Waals surface area contributed by atoms with Crippen LogP contribution >= 0.6 is 0 Å². The predicted octanol–water partition coefficient (Wildman–Crippen LogP) is 0.148. The lowest BCUT2D eigenvalue weighted by molar-refractivity contribution is -0.141. The van der Waals surface area contributed by atoms with Crippen LogP contribution in [-0.4, -0.2) is 112 Å². The summed E-state index contributed by atoms with van der Waals surface area (Å²) < 4.78 is 33.2. The molecule has 0 aliphatic carbocycles. The Morgan fingerprint density at radius 1 is 0.645 bits per heavy atom. The average Bonchev–Trinajstić information content (AvgIpc) is 2.65. The van der Waals surface area contributed by atoms with Gasteiger partial charge in [0.05, 0.1) is 89.3 Å². The molecule has 0 amide bonds. The molecule has 10 heteroatoms. The molecule has 0 saturated heterocycles. The van der Waals surface area contributed by atoms with Gasteiger partial charge in [-0.05, 0) is 34.6 Å². The van der Waals surface area contributed by atoms with E-state index in [0.717, 1.165) is 0 Å². The lowest BCUT2D eigenvalue weighted by Gasteiger charge is -2.34. The zero-order valence-corrected chi connectivity index (χ0v) is 19.5. The van der Waals surface area contributed by atoms with Crippen LogP contribution in [0.1, 0.15) is 34.6 Å². The normalized spacial score (nSPS) is 18.6. The summed E-state index contributed by atoms with van der Waals surface area (Å²) >= 11 is 0. The number of hydrogen-bond donors (Lipinski definition) is 3. The number of carbonyl (C=O) groups excluding carboxylic acids is 1. The van der Waals surface area contributed by atoms with Gasteiger partial charge in [0.1, 0.15) is 6.10 Å². The maximum atomic E-state index is 10.3. The molecule has 0 aliphatic rings. The third kappa shape index (κ3) is 17.4. The van der Waals surface area contributed by atoms with E-state index in [1.54, 1.807) is 27.7 Å². The maximum Gasteiger partial charge on any atom is 0.293 e. The van der Waals surface area contributed by atoms with E-state index in [0.29, 0.717) is 6.47 Å². The van der Waals surface area contributed by atoms with E-state index >= 15 is 0 Å². The molecule has 0 bridgehead atoms. The van der Waals surface area contributed by atoms with Crippen molar-refractivity contribution >= 4 is 6.47 Å². The quantitative estimate of drug-likeness (QED) is 0.206. The Hall–Kier alpha value is -0.850. The molecule has 186 valence electrons. The van der Waals surface area contributed by atoms with Crippen molar-refractivity contribution in [2.75, 3.05) is 59.5 Å². The zero-order valence-electron chi connectivity index (χ0n) is 19.5. The molecule has 10 nitrogen and oxygen atoms in total. The Morgan fingerprint density at radius 2 is 1.03 bits per heavy atom. The van der Waals surface area contributed by atoms with Crippen LogP contribution < -0.4 is 0 Å². The highest BCUT2D eigenvalue weighted by Crippen LogP contribution is 2.21. The van der Waals surface area contributed by atoms with Crippen molar-refractivity contribution in [3.63, 3.8) is 0 Å². The van der Waals surface area contributed by atoms with E-state index in [1.807, 2.05) is 6.92 Å². The highest BCUT2D eigenvalue weighted by molar-refractivity contribution is 5.37. The minimum absolute atomic E-state index is 0.142. The summed E-state index contributed by atoms with van der Waals surface area (Å²) in [5.74, 6) is 0. The van der Waals surface area contributed by atoms with Crippen LogP contribution in [0.2, 0.25) is 0 Å². The molecule has 0 saturated carbocycles. The summed E-state index contributed by atoms with van der Waals surface area (Å²) in [7, 11) is 0. The van der Waals surface area contributed by atoms with Gasteiger partial charge < -0.3 is 43.7 Å². The molecule has 0 rings (SSSR count). The molecule has 3 N–H and O–H groups in total. The topological polar surface area (TPSA) is 133 Å². The summed E-state index contributed by atoms with van der Waals surface area (Å²) in [6.45, 7) is 10.6. The SMILES string of the molecule is CC(O)COCC(COCC(C)O)(COCC(C)O)COCC(C)OCC(C)OC=O. The molecule has 5 unspecified atom stereocenters. The van der Waals surface area contributed by atoms with Crippen LogP contribution in [0.5, 0.6) is 0 Å². The fraction of sp³-hybridized carbons (Fsp3) is 0.952. The fourth-order valence-electron chi connectivity index (χ4n) is 2.51. The number of carbonyl (C=O) groups is 1. The maximum absolute atomic E-state index is 10.3. The number of aliphatic hydroxyl groups excluding tert-OH is 3. The first-order valence-electron chi connectivity index (χ1n) is 10.7. The van der Waals surface area contributed by atoms with Crippen molar-refractivity contribution in [3.05, 3.63) is 0 Å². The number of hydrogen-bond acceptors (Lipinski definition) is 10. The van der Waals surface area contributed by atoms with Gasteiger partial charge in [-0.1, -0.05) is 0 Å². The Bertz CT molecular complexity index is 394. The van der Waals surface area contributed by atoms with Crippen molar-refractivity contribution < 1.29 is 48.5 Å². The Balaban J connectivity index is 4.90. The number of rotatable bonds is 21. The van der Waals surface area contributed by atoms with Crippen LogP contribution in [-0.2, 0) is 33.2 Å². The summed E-state index contributed by atoms with van der Waals surface area (Å²) in [5, 5.41) is 28.5. The minimum Gasteiger partial charge on any atom is -0.462 e. The van der Waals surface area contributed by atoms with Crippen LogP contribution in [0.15, 0.2) is 0 Å². The van der Waals surface area contributed by atoms with Crippen molar-refractivity contribution in [1.29, 1.82) is 0 Å². The Morgan fingerprint density at radius 3 is 1.39 bits per heavy atom. The van der Waals surface area contributed by atoms with Gasteiger partial charge in [0, 0.05) is 0 Å². The highest BCUT2D eigenvalue weighted by Gasteiger charge is 2.33. The fourth-order valence-corrected chi connectivity index (χ4v) is 2.51. The van der Waals surface area contributed by atoms with E-state index in [1.165, 1.54) is 0 Å². The molecule has 5 atom stereocenters. The number of ether oxygens (including phenoxy) is 6. The van der Waals surface area contributed by atoms with Gasteiger partial charge in [0.15, 0.2) is 0 Å². The van der Waals surface area contributed by atoms with E-state index < -0.39 is 23.7 Å². The van der Waals surface area contributed by atoms with Gasteiger partial charge in [-0.15, -0.1) is 0 Å². The summed E-state index contributed by atoms with van der Waals surface area (Å²) in [6.07, 6.45) is -2.47. The molecule has 0 heterocycles. The second kappa shape index (κ2) is 17.7. The van der Waals surface area contributed by atoms with Crippen LogP contribution in [0.4, 0.5) is 0 Å². The molecular formula is C21H42O10. The molecule has 0 aromatic carbocycles. The van der Waals surface area contributed by atoms with E-state index in [2.05, 4.69) is 0 Å². The van der Waals surface area contributed by atoms with Gasteiger partial charge in [-0.3, -0.25) is 4.79 Å². The summed E-state index contributed by atoms with van der Waals surface area (Å²) in [4.78, 5) is 10.3. The Kier molecular flexibility index (Phi) is 17.2. The van der Waals surface area contributed by atoms with Crippen molar-refractivity contribution in [1.82, 2.24) is 0 Å². The zero-order chi connectivity index (χ0) is 23.7. The van der Waals surface area contributed by atoms with Crippen LogP contribution in [0, 0.1) is 5.41 Å². The predicted molar refractivity (Wildman–Crippen MR) is 113 cm³/mol. The number of aliphatic hydroxyl groups is 3. The van der Waals surface area contributed by atoms with Gasteiger partial charge in [0.25, 0.3) is 6.47 Å². The highest BCUT2D eigenvalue weighted by atomic mass is 16.6. The molecular weight excluding hydrogens is 412 g/mol. The molecule has 0 spiro atoms. The lowest BCUT2D eigenvalue weighted by atomic mass is 9.92. The average molecular weight is 455 g/mol. The van der Waals surface area contributed by atoms with E-state index in [-0.39, 0.29) is 71.7 Å². The van der Waals surface area contributed by atoms with Gasteiger partial charge in [-0.2, -0.15) is 0 Å². The van der Waals surface area contributed by atoms with Crippen molar-refractivity contribution in [2.24, 2.45) is 5.41 Å². The summed E-state index contributed by atoms with van der Waals surface area (Å²) in [5.41, 5.74) is -0.716. The van der Waals surface area contributed by atoms with Crippen LogP contribution in [0.3, 0.4) is 0 Å². The monoisotopic (exact) mass is 454 g/mol. The van der Waals surface area contributed by atoms with E-state index in [9.17, 15) is 20.1 Å². The lowest BCUT2D eigenvalue weighted by Crippen LogP contribution is -2.43. The first kappa shape index (κ1) is 30.1. The molecule has 0 radical (unpaired) electrons. The first-order chi connectivity index (χ1) is 14.6. The molecule has 0 fully saturated rings. The smallest absolute Gasteiger partial charge is 0.293 e. The van der Waals surface area contributed by atoms with Crippen molar-refractivity contribution in [2.45, 2.75) is 65.1 Å². The Labute approximate surface area is 185 Å². The summed E-state index contributed by atoms with van der Waals surface area (Å²) in [6, 6.07) is 0. The van der Waals surface area contributed by atoms with E-state index in [4.69, 9.17) is 28.4 Å². The van der Waals surface area contributed by atoms with Gasteiger partial charge in [-0.25, -0.2) is 0 Å².